The van der Waals surface area contributed by atoms with Gasteiger partial charge in [0.1, 0.15) is 11.3 Å². The van der Waals surface area contributed by atoms with Crippen molar-refractivity contribution in [2.24, 2.45) is 12.0 Å². The smallest absolute Gasteiger partial charge is 0.335 e. The van der Waals surface area contributed by atoms with Gasteiger partial charge in [-0.1, -0.05) is 30.3 Å². The largest absolute Gasteiger partial charge is 0.493 e. The predicted molar refractivity (Wildman–Crippen MR) is 128 cm³/mol. The molecular weight excluding hydrogens is 438 g/mol. The van der Waals surface area contributed by atoms with Crippen LogP contribution in [0.4, 0.5) is 5.69 Å². The number of para-hydroxylation sites is 3. The average molecular weight is 461 g/mol. The molecule has 10 heteroatoms. The number of nitrogens with zero attached hydrogens (tertiary/aromatic N) is 4. The molecule has 4 aromatic rings. The summed E-state index contributed by atoms with van der Waals surface area (Å²) in [7, 11) is 1.72. The zero-order chi connectivity index (χ0) is 24.4. The highest BCUT2D eigenvalue weighted by atomic mass is 16.5. The zero-order valence-electron chi connectivity index (χ0n) is 18.8. The van der Waals surface area contributed by atoms with Crippen molar-refractivity contribution in [3.63, 3.8) is 0 Å². The van der Waals surface area contributed by atoms with Gasteiger partial charge in [-0.25, -0.2) is 19.0 Å². The number of benzene rings is 2. The molecule has 10 nitrogen and oxygen atoms in total. The van der Waals surface area contributed by atoms with Gasteiger partial charge in [0.25, 0.3) is 11.1 Å². The quantitative estimate of drug-likeness (QED) is 0.426. The Morgan fingerprint density at radius 3 is 2.44 bits per heavy atom. The van der Waals surface area contributed by atoms with Gasteiger partial charge >= 0.3 is 5.69 Å². The van der Waals surface area contributed by atoms with E-state index in [1.807, 2.05) is 18.2 Å². The van der Waals surface area contributed by atoms with E-state index in [0.29, 0.717) is 23.7 Å². The molecule has 0 saturated heterocycles. The molecule has 34 heavy (non-hydrogen) atoms. The van der Waals surface area contributed by atoms with Crippen molar-refractivity contribution in [1.29, 1.82) is 0 Å². The lowest BCUT2D eigenvalue weighted by atomic mass is 10.2. The molecule has 0 aliphatic heterocycles. The minimum absolute atomic E-state index is 0.0950. The zero-order valence-corrected chi connectivity index (χ0v) is 18.8. The molecule has 0 aliphatic carbocycles. The molecule has 0 bridgehead atoms. The number of rotatable bonds is 6. The predicted octanol–water partition coefficient (Wildman–Crippen LogP) is 2.18. The van der Waals surface area contributed by atoms with Gasteiger partial charge in [-0.2, -0.15) is 0 Å². The first-order chi connectivity index (χ1) is 16.3. The van der Waals surface area contributed by atoms with Crippen molar-refractivity contribution in [1.82, 2.24) is 18.9 Å². The van der Waals surface area contributed by atoms with Crippen LogP contribution in [0.2, 0.25) is 0 Å². The van der Waals surface area contributed by atoms with Crippen LogP contribution in [0.15, 0.2) is 74.0 Å². The molecule has 0 atom stereocenters. The Kier molecular flexibility index (Phi) is 6.05. The van der Waals surface area contributed by atoms with Crippen molar-refractivity contribution in [3.05, 3.63) is 97.0 Å². The summed E-state index contributed by atoms with van der Waals surface area (Å²) >= 11 is 0. The number of aromatic nitrogens is 4. The lowest BCUT2D eigenvalue weighted by molar-refractivity contribution is 0.336. The number of aliphatic imine (C=N–C) groups is 1. The van der Waals surface area contributed by atoms with E-state index in [-0.39, 0.29) is 16.9 Å². The lowest BCUT2D eigenvalue weighted by Crippen LogP contribution is -2.31. The summed E-state index contributed by atoms with van der Waals surface area (Å²) in [6, 6.07) is 15.7. The van der Waals surface area contributed by atoms with E-state index in [1.54, 1.807) is 62.0 Å². The van der Waals surface area contributed by atoms with Crippen LogP contribution in [0, 0.1) is 6.92 Å². The molecule has 2 heterocycles. The van der Waals surface area contributed by atoms with E-state index in [4.69, 9.17) is 4.74 Å². The first-order valence-corrected chi connectivity index (χ1v) is 10.5. The Labute approximate surface area is 193 Å². The van der Waals surface area contributed by atoms with Crippen LogP contribution >= 0.6 is 0 Å². The van der Waals surface area contributed by atoms with Crippen LogP contribution in [0.5, 0.6) is 11.6 Å². The lowest BCUT2D eigenvalue weighted by Gasteiger charge is -2.13. The van der Waals surface area contributed by atoms with E-state index in [9.17, 15) is 19.5 Å². The van der Waals surface area contributed by atoms with Gasteiger partial charge in [0, 0.05) is 13.3 Å². The number of hydrogen-bond acceptors (Lipinski definition) is 6. The second-order valence-electron chi connectivity index (χ2n) is 7.40. The topological polar surface area (TPSA) is 124 Å². The van der Waals surface area contributed by atoms with Crippen molar-refractivity contribution < 1.29 is 9.84 Å². The standard InChI is InChI=1S/C24H23N5O5/c1-4-34-19-13-9-8-12-18(19)28-22(31)17(21(30)26-24(28)33)14-25-20-15(2)27(3)29(23(20)32)16-10-6-5-7-11-16/h5-14,31H,4H2,1-3H3,(H,26,30,33). The van der Waals surface area contributed by atoms with Crippen LogP contribution in [0.25, 0.3) is 11.4 Å². The third-order valence-electron chi connectivity index (χ3n) is 5.37. The number of ether oxygens (including phenoxy) is 1. The minimum Gasteiger partial charge on any atom is -0.493 e. The highest BCUT2D eigenvalue weighted by Gasteiger charge is 2.19. The minimum atomic E-state index is -0.839. The van der Waals surface area contributed by atoms with Gasteiger partial charge in [0.2, 0.25) is 5.88 Å². The fourth-order valence-electron chi connectivity index (χ4n) is 3.63. The number of hydrogen-bond donors (Lipinski definition) is 2. The van der Waals surface area contributed by atoms with Gasteiger partial charge < -0.3 is 9.84 Å². The Morgan fingerprint density at radius 1 is 1.06 bits per heavy atom. The summed E-state index contributed by atoms with van der Waals surface area (Å²) in [5, 5.41) is 10.9. The third-order valence-corrected chi connectivity index (χ3v) is 5.37. The number of aromatic amines is 1. The molecule has 0 unspecified atom stereocenters. The first kappa shape index (κ1) is 22.6. The van der Waals surface area contributed by atoms with E-state index >= 15 is 0 Å². The maximum Gasteiger partial charge on any atom is 0.335 e. The highest BCUT2D eigenvalue weighted by molar-refractivity contribution is 5.84. The Morgan fingerprint density at radius 2 is 1.74 bits per heavy atom. The maximum absolute atomic E-state index is 13.1. The van der Waals surface area contributed by atoms with Crippen LogP contribution in [0.1, 0.15) is 18.2 Å². The molecule has 0 aliphatic rings. The van der Waals surface area contributed by atoms with Gasteiger partial charge in [0.15, 0.2) is 5.69 Å². The van der Waals surface area contributed by atoms with Crippen molar-refractivity contribution in [3.8, 4) is 23.0 Å². The Bertz CT molecular complexity index is 1560. The van der Waals surface area contributed by atoms with Crippen molar-refractivity contribution >= 4 is 11.9 Å². The summed E-state index contributed by atoms with van der Waals surface area (Å²) in [5.74, 6) is -0.274. The number of nitrogens with one attached hydrogen (secondary N) is 1. The fraction of sp³-hybridized carbons (Fsp3) is 0.167. The molecular formula is C24H23N5O5. The summed E-state index contributed by atoms with van der Waals surface area (Å²) in [4.78, 5) is 44.5. The third kappa shape index (κ3) is 3.85. The summed E-state index contributed by atoms with van der Waals surface area (Å²) in [6.07, 6.45) is 1.08. The molecule has 0 spiro atoms. The molecule has 2 aromatic carbocycles. The number of H-pyrrole nitrogens is 1. The van der Waals surface area contributed by atoms with Crippen molar-refractivity contribution in [2.75, 3.05) is 6.61 Å². The molecule has 0 fully saturated rings. The second-order valence-corrected chi connectivity index (χ2v) is 7.40. The second kappa shape index (κ2) is 9.10. The maximum atomic E-state index is 13.1. The summed E-state index contributed by atoms with van der Waals surface area (Å²) < 4.78 is 9.57. The average Bonchev–Trinajstić information content (AvgIpc) is 3.03. The highest BCUT2D eigenvalue weighted by Crippen LogP contribution is 2.25. The van der Waals surface area contributed by atoms with Gasteiger partial charge in [-0.3, -0.25) is 19.3 Å². The molecule has 0 radical (unpaired) electrons. The van der Waals surface area contributed by atoms with E-state index < -0.39 is 22.7 Å². The molecule has 174 valence electrons. The molecule has 2 aromatic heterocycles. The molecule has 4 rings (SSSR count). The summed E-state index contributed by atoms with van der Waals surface area (Å²) in [6.45, 7) is 3.84. The fourth-order valence-corrected chi connectivity index (χ4v) is 3.63. The van der Waals surface area contributed by atoms with E-state index in [1.165, 1.54) is 4.68 Å². The molecule has 0 saturated carbocycles. The SMILES string of the molecule is CCOc1ccccc1-n1c(O)c(C=Nc2c(C)n(C)n(-c3ccccc3)c2=O)c(=O)[nH]c1=O. The van der Waals surface area contributed by atoms with Crippen LogP contribution in [-0.4, -0.2) is 36.8 Å². The van der Waals surface area contributed by atoms with Crippen molar-refractivity contribution in [2.45, 2.75) is 13.8 Å². The summed E-state index contributed by atoms with van der Waals surface area (Å²) in [5.41, 5.74) is -0.800. The normalized spacial score (nSPS) is 11.3. The number of aromatic hydroxyl groups is 1. The van der Waals surface area contributed by atoms with Crippen LogP contribution in [-0.2, 0) is 7.05 Å². The monoisotopic (exact) mass is 461 g/mol. The molecule has 2 N–H and O–H groups in total. The van der Waals surface area contributed by atoms with Gasteiger partial charge in [0.05, 0.1) is 23.7 Å². The van der Waals surface area contributed by atoms with Crippen LogP contribution in [0.3, 0.4) is 0 Å². The van der Waals surface area contributed by atoms with E-state index in [2.05, 4.69) is 9.98 Å². The Balaban J connectivity index is 1.85. The first-order valence-electron chi connectivity index (χ1n) is 10.5. The van der Waals surface area contributed by atoms with Crippen LogP contribution < -0.4 is 21.5 Å². The van der Waals surface area contributed by atoms with E-state index in [0.717, 1.165) is 10.8 Å². The Hall–Kier alpha value is -4.60. The van der Waals surface area contributed by atoms with Gasteiger partial charge in [-0.05, 0) is 38.1 Å². The molecule has 0 amide bonds. The van der Waals surface area contributed by atoms with Gasteiger partial charge in [-0.15, -0.1) is 0 Å².